The van der Waals surface area contributed by atoms with Crippen molar-refractivity contribution in [2.24, 2.45) is 0 Å². The van der Waals surface area contributed by atoms with Gasteiger partial charge in [-0.05, 0) is 36.8 Å². The topological polar surface area (TPSA) is 67.6 Å². The van der Waals surface area contributed by atoms with Crippen molar-refractivity contribution >= 4 is 28.4 Å². The molecule has 27 heavy (non-hydrogen) atoms. The minimum absolute atomic E-state index is 0.235. The van der Waals surface area contributed by atoms with E-state index in [0.29, 0.717) is 29.1 Å². The molecular weight excluding hydrogens is 356 g/mol. The number of para-hydroxylation sites is 1. The van der Waals surface area contributed by atoms with Crippen LogP contribution in [0.4, 0.5) is 20.2 Å². The van der Waals surface area contributed by atoms with Crippen molar-refractivity contribution in [1.82, 2.24) is 4.98 Å². The van der Waals surface area contributed by atoms with Crippen molar-refractivity contribution in [3.05, 3.63) is 53.9 Å². The number of oxazole rings is 1. The quantitative estimate of drug-likeness (QED) is 0.742. The number of halogens is 2. The van der Waals surface area contributed by atoms with Crippen molar-refractivity contribution in [2.75, 3.05) is 23.9 Å². The summed E-state index contributed by atoms with van der Waals surface area (Å²) in [6.07, 6.45) is 0.429. The number of carbonyl (C=O) groups is 1. The normalized spacial score (nSPS) is 17.1. The average molecular weight is 373 g/mol. The van der Waals surface area contributed by atoms with E-state index in [9.17, 15) is 13.6 Å². The number of rotatable bonds is 5. The lowest BCUT2D eigenvalue weighted by Gasteiger charge is -2.19. The second-order valence-electron chi connectivity index (χ2n) is 6.27. The van der Waals surface area contributed by atoms with Crippen LogP contribution in [0.3, 0.4) is 0 Å². The third-order valence-electron chi connectivity index (χ3n) is 4.45. The van der Waals surface area contributed by atoms with Crippen molar-refractivity contribution in [3.8, 4) is 0 Å². The Labute approximate surface area is 153 Å². The molecule has 1 unspecified atom stereocenters. The van der Waals surface area contributed by atoms with Gasteiger partial charge in [-0.3, -0.25) is 4.79 Å². The SMILES string of the molecule is COCc1nc2cc(NC3CCN(c4c(F)cccc4F)C3=O)ccc2o1. The molecule has 0 radical (unpaired) electrons. The van der Waals surface area contributed by atoms with Gasteiger partial charge in [0.05, 0.1) is 0 Å². The summed E-state index contributed by atoms with van der Waals surface area (Å²) in [5.74, 6) is -1.42. The Morgan fingerprint density at radius 3 is 2.81 bits per heavy atom. The van der Waals surface area contributed by atoms with Crippen LogP contribution in [0.15, 0.2) is 40.8 Å². The van der Waals surface area contributed by atoms with Crippen LogP contribution < -0.4 is 10.2 Å². The first-order valence-electron chi connectivity index (χ1n) is 8.47. The summed E-state index contributed by atoms with van der Waals surface area (Å²) in [6.45, 7) is 0.500. The largest absolute Gasteiger partial charge is 0.438 e. The van der Waals surface area contributed by atoms with Crippen molar-refractivity contribution in [1.29, 1.82) is 0 Å². The first kappa shape index (κ1) is 17.4. The lowest BCUT2D eigenvalue weighted by molar-refractivity contribution is -0.117. The molecule has 0 aliphatic carbocycles. The van der Waals surface area contributed by atoms with Crippen LogP contribution in [0.1, 0.15) is 12.3 Å². The van der Waals surface area contributed by atoms with Gasteiger partial charge in [-0.25, -0.2) is 13.8 Å². The zero-order valence-electron chi connectivity index (χ0n) is 14.5. The monoisotopic (exact) mass is 373 g/mol. The molecule has 1 amide bonds. The van der Waals surface area contributed by atoms with Crippen LogP contribution in [0, 0.1) is 11.6 Å². The summed E-state index contributed by atoms with van der Waals surface area (Å²) in [4.78, 5) is 18.1. The molecule has 4 rings (SSSR count). The van der Waals surface area contributed by atoms with Gasteiger partial charge >= 0.3 is 0 Å². The Morgan fingerprint density at radius 1 is 1.30 bits per heavy atom. The van der Waals surface area contributed by atoms with E-state index in [1.54, 1.807) is 25.3 Å². The molecule has 1 aromatic heterocycles. The summed E-state index contributed by atoms with van der Waals surface area (Å²) >= 11 is 0. The maximum absolute atomic E-state index is 14.0. The molecule has 6 nitrogen and oxygen atoms in total. The number of hydrogen-bond donors (Lipinski definition) is 1. The van der Waals surface area contributed by atoms with E-state index in [0.717, 1.165) is 17.0 Å². The Kier molecular flexibility index (Phi) is 4.49. The molecule has 1 N–H and O–H groups in total. The molecule has 0 bridgehead atoms. The third-order valence-corrected chi connectivity index (χ3v) is 4.45. The summed E-state index contributed by atoms with van der Waals surface area (Å²) in [6, 6.07) is 8.26. The second-order valence-corrected chi connectivity index (χ2v) is 6.27. The number of anilines is 2. The summed E-state index contributed by atoms with van der Waals surface area (Å²) in [5.41, 5.74) is 1.62. The third kappa shape index (κ3) is 3.23. The molecule has 140 valence electrons. The maximum Gasteiger partial charge on any atom is 0.249 e. The molecule has 1 atom stereocenters. The number of ether oxygens (including phenoxy) is 1. The van der Waals surface area contributed by atoms with Gasteiger partial charge in [0.2, 0.25) is 11.8 Å². The number of hydrogen-bond acceptors (Lipinski definition) is 5. The van der Waals surface area contributed by atoms with Crippen LogP contribution in [-0.2, 0) is 16.1 Å². The summed E-state index contributed by atoms with van der Waals surface area (Å²) in [7, 11) is 1.55. The Balaban J connectivity index is 1.53. The van der Waals surface area contributed by atoms with Gasteiger partial charge in [0.15, 0.2) is 5.58 Å². The molecule has 3 aromatic rings. The van der Waals surface area contributed by atoms with Crippen LogP contribution in [0.2, 0.25) is 0 Å². The summed E-state index contributed by atoms with van der Waals surface area (Å²) < 4.78 is 38.5. The van der Waals surface area contributed by atoms with E-state index in [2.05, 4.69) is 10.3 Å². The second kappa shape index (κ2) is 6.96. The fraction of sp³-hybridized carbons (Fsp3) is 0.263. The minimum atomic E-state index is -0.751. The first-order valence-corrected chi connectivity index (χ1v) is 8.47. The fourth-order valence-corrected chi connectivity index (χ4v) is 3.23. The maximum atomic E-state index is 14.0. The Bertz CT molecular complexity index is 985. The molecular formula is C19H17F2N3O3. The van der Waals surface area contributed by atoms with E-state index < -0.39 is 17.7 Å². The number of carbonyl (C=O) groups excluding carboxylic acids is 1. The van der Waals surface area contributed by atoms with Crippen LogP contribution >= 0.6 is 0 Å². The fourth-order valence-electron chi connectivity index (χ4n) is 3.23. The van der Waals surface area contributed by atoms with E-state index in [-0.39, 0.29) is 24.7 Å². The van der Waals surface area contributed by atoms with Gasteiger partial charge in [-0.15, -0.1) is 0 Å². The van der Waals surface area contributed by atoms with E-state index in [1.807, 2.05) is 0 Å². The number of nitrogens with zero attached hydrogens (tertiary/aromatic N) is 2. The molecule has 1 saturated heterocycles. The van der Waals surface area contributed by atoms with Gasteiger partial charge < -0.3 is 19.4 Å². The van der Waals surface area contributed by atoms with Crippen molar-refractivity contribution in [3.63, 3.8) is 0 Å². The lowest BCUT2D eigenvalue weighted by Crippen LogP contribution is -2.34. The van der Waals surface area contributed by atoms with Crippen LogP contribution in [0.25, 0.3) is 11.1 Å². The van der Waals surface area contributed by atoms with Crippen LogP contribution in [0.5, 0.6) is 0 Å². The molecule has 1 aliphatic heterocycles. The molecule has 8 heteroatoms. The predicted molar refractivity (Wildman–Crippen MR) is 95.5 cm³/mol. The van der Waals surface area contributed by atoms with Crippen molar-refractivity contribution in [2.45, 2.75) is 19.1 Å². The van der Waals surface area contributed by atoms with Gasteiger partial charge in [0.25, 0.3) is 0 Å². The van der Waals surface area contributed by atoms with E-state index in [1.165, 1.54) is 6.07 Å². The number of benzene rings is 2. The van der Waals surface area contributed by atoms with E-state index in [4.69, 9.17) is 9.15 Å². The van der Waals surface area contributed by atoms with Gasteiger partial charge in [0, 0.05) is 19.3 Å². The molecule has 1 aliphatic rings. The van der Waals surface area contributed by atoms with E-state index >= 15 is 0 Å². The highest BCUT2D eigenvalue weighted by Gasteiger charge is 2.35. The highest BCUT2D eigenvalue weighted by atomic mass is 19.1. The number of fused-ring (bicyclic) bond motifs is 1. The van der Waals surface area contributed by atoms with Crippen LogP contribution in [-0.4, -0.2) is 30.6 Å². The molecule has 2 aromatic carbocycles. The predicted octanol–water partition coefficient (Wildman–Crippen LogP) is 3.47. The minimum Gasteiger partial charge on any atom is -0.438 e. The molecule has 1 fully saturated rings. The zero-order chi connectivity index (χ0) is 19.0. The van der Waals surface area contributed by atoms with Crippen molar-refractivity contribution < 1.29 is 22.7 Å². The zero-order valence-corrected chi connectivity index (χ0v) is 14.5. The number of methoxy groups -OCH3 is 1. The summed E-state index contributed by atoms with van der Waals surface area (Å²) in [5, 5.41) is 3.11. The highest BCUT2D eigenvalue weighted by Crippen LogP contribution is 2.29. The molecule has 2 heterocycles. The first-order chi connectivity index (χ1) is 13.1. The number of aromatic nitrogens is 1. The smallest absolute Gasteiger partial charge is 0.249 e. The van der Waals surface area contributed by atoms with Gasteiger partial charge in [0.1, 0.15) is 35.5 Å². The number of amides is 1. The molecule has 0 saturated carbocycles. The number of nitrogens with one attached hydrogen (secondary N) is 1. The average Bonchev–Trinajstić information content (AvgIpc) is 3.19. The van der Waals surface area contributed by atoms with Gasteiger partial charge in [-0.2, -0.15) is 0 Å². The molecule has 0 spiro atoms. The standard InChI is InChI=1S/C19H17F2N3O3/c1-26-10-17-23-15-9-11(5-6-16(15)27-17)22-14-7-8-24(19(14)25)18-12(20)3-2-4-13(18)21/h2-6,9,14,22H,7-8,10H2,1H3. The Hall–Kier alpha value is -3.00. The Morgan fingerprint density at radius 2 is 2.07 bits per heavy atom. The lowest BCUT2D eigenvalue weighted by atomic mass is 10.2. The highest BCUT2D eigenvalue weighted by molar-refractivity contribution is 6.01. The van der Waals surface area contributed by atoms with Gasteiger partial charge in [-0.1, -0.05) is 6.07 Å².